The lowest BCUT2D eigenvalue weighted by Crippen LogP contribution is -2.53. The third-order valence-corrected chi connectivity index (χ3v) is 4.20. The van der Waals surface area contributed by atoms with Crippen molar-refractivity contribution in [2.75, 3.05) is 26.4 Å². The van der Waals surface area contributed by atoms with Gasteiger partial charge < -0.3 is 20.9 Å². The molecule has 4 N–H and O–H groups in total. The lowest BCUT2D eigenvalue weighted by atomic mass is 9.79. The van der Waals surface area contributed by atoms with E-state index in [1.165, 1.54) is 0 Å². The lowest BCUT2D eigenvalue weighted by Gasteiger charge is -2.35. The van der Waals surface area contributed by atoms with Crippen LogP contribution in [0.15, 0.2) is 30.3 Å². The maximum Gasteiger partial charge on any atom is 0.227 e. The summed E-state index contributed by atoms with van der Waals surface area (Å²) >= 11 is 0. The number of nitrogens with one attached hydrogen (secondary N) is 1. The molecule has 1 heterocycles. The van der Waals surface area contributed by atoms with E-state index in [4.69, 9.17) is 10.5 Å². The molecule has 2 rings (SSSR count). The molecule has 5 nitrogen and oxygen atoms in total. The predicted molar refractivity (Wildman–Crippen MR) is 80.7 cm³/mol. The van der Waals surface area contributed by atoms with E-state index in [2.05, 4.69) is 5.32 Å². The maximum absolute atomic E-state index is 12.6. The summed E-state index contributed by atoms with van der Waals surface area (Å²) in [5, 5.41) is 12.5. The van der Waals surface area contributed by atoms with Crippen LogP contribution in [0.3, 0.4) is 0 Å². The summed E-state index contributed by atoms with van der Waals surface area (Å²) in [6.07, 6.45) is 1.89. The fourth-order valence-corrected chi connectivity index (χ4v) is 2.68. The third-order valence-electron chi connectivity index (χ3n) is 4.20. The second kappa shape index (κ2) is 7.54. The van der Waals surface area contributed by atoms with Crippen molar-refractivity contribution in [1.82, 2.24) is 5.32 Å². The van der Waals surface area contributed by atoms with Crippen LogP contribution in [-0.4, -0.2) is 43.4 Å². The summed E-state index contributed by atoms with van der Waals surface area (Å²) in [7, 11) is 0. The van der Waals surface area contributed by atoms with Gasteiger partial charge in [0.2, 0.25) is 5.91 Å². The lowest BCUT2D eigenvalue weighted by molar-refractivity contribution is -0.137. The zero-order valence-corrected chi connectivity index (χ0v) is 12.3. The second-order valence-electron chi connectivity index (χ2n) is 5.64. The standard InChI is InChI=1S/C16H24N2O3/c17-12-16(6-8-21-9-7-16)15(20)18-14(11-19)10-13-4-2-1-3-5-13/h1-5,14,19H,6-12,17H2,(H,18,20)/t14-/m0/s1. The van der Waals surface area contributed by atoms with Gasteiger partial charge in [-0.1, -0.05) is 30.3 Å². The van der Waals surface area contributed by atoms with Gasteiger partial charge in [-0.3, -0.25) is 4.79 Å². The Labute approximate surface area is 125 Å². The number of benzene rings is 1. The Morgan fingerprint density at radius 1 is 1.33 bits per heavy atom. The van der Waals surface area contributed by atoms with Crippen molar-refractivity contribution < 1.29 is 14.6 Å². The number of rotatable bonds is 6. The number of nitrogens with two attached hydrogens (primary N) is 1. The fraction of sp³-hybridized carbons (Fsp3) is 0.562. The minimum Gasteiger partial charge on any atom is -0.394 e. The Balaban J connectivity index is 1.98. The highest BCUT2D eigenvalue weighted by molar-refractivity contribution is 5.83. The molecule has 1 aromatic rings. The Bertz CT molecular complexity index is 444. The van der Waals surface area contributed by atoms with Gasteiger partial charge in [0.25, 0.3) is 0 Å². The van der Waals surface area contributed by atoms with E-state index in [9.17, 15) is 9.90 Å². The number of hydrogen-bond acceptors (Lipinski definition) is 4. The molecule has 1 saturated heterocycles. The van der Waals surface area contributed by atoms with Gasteiger partial charge in [0.05, 0.1) is 18.1 Å². The molecule has 0 bridgehead atoms. The van der Waals surface area contributed by atoms with Crippen molar-refractivity contribution in [1.29, 1.82) is 0 Å². The molecule has 1 amide bonds. The molecule has 0 saturated carbocycles. The van der Waals surface area contributed by atoms with Crippen LogP contribution in [0.5, 0.6) is 0 Å². The number of ether oxygens (including phenoxy) is 1. The van der Waals surface area contributed by atoms with Crippen LogP contribution in [0.2, 0.25) is 0 Å². The summed E-state index contributed by atoms with van der Waals surface area (Å²) in [6, 6.07) is 9.54. The van der Waals surface area contributed by atoms with Gasteiger partial charge in [-0.05, 0) is 24.8 Å². The Morgan fingerprint density at radius 3 is 2.57 bits per heavy atom. The van der Waals surface area contributed by atoms with Crippen LogP contribution in [-0.2, 0) is 16.0 Å². The minimum absolute atomic E-state index is 0.0664. The Kier molecular flexibility index (Phi) is 5.73. The van der Waals surface area contributed by atoms with Gasteiger partial charge in [-0.25, -0.2) is 0 Å². The highest BCUT2D eigenvalue weighted by atomic mass is 16.5. The van der Waals surface area contributed by atoms with E-state index in [-0.39, 0.29) is 18.6 Å². The van der Waals surface area contributed by atoms with Gasteiger partial charge in [-0.2, -0.15) is 0 Å². The summed E-state index contributed by atoms with van der Waals surface area (Å²) in [6.45, 7) is 1.35. The molecule has 0 aliphatic carbocycles. The molecule has 1 aromatic carbocycles. The molecule has 0 spiro atoms. The third kappa shape index (κ3) is 4.03. The largest absolute Gasteiger partial charge is 0.394 e. The van der Waals surface area contributed by atoms with Crippen LogP contribution in [0.25, 0.3) is 0 Å². The van der Waals surface area contributed by atoms with Gasteiger partial charge in [0.15, 0.2) is 0 Å². The highest BCUT2D eigenvalue weighted by Crippen LogP contribution is 2.29. The van der Waals surface area contributed by atoms with Crippen LogP contribution in [0, 0.1) is 5.41 Å². The molecular formula is C16H24N2O3. The Morgan fingerprint density at radius 2 is 2.00 bits per heavy atom. The predicted octanol–water partition coefficient (Wildman–Crippen LogP) is 0.462. The van der Waals surface area contributed by atoms with E-state index in [1.807, 2.05) is 30.3 Å². The van der Waals surface area contributed by atoms with Crippen molar-refractivity contribution in [3.63, 3.8) is 0 Å². The molecular weight excluding hydrogens is 268 g/mol. The molecule has 1 fully saturated rings. The van der Waals surface area contributed by atoms with Crippen molar-refractivity contribution in [3.05, 3.63) is 35.9 Å². The number of amides is 1. The zero-order valence-electron chi connectivity index (χ0n) is 12.3. The average Bonchev–Trinajstić information content (AvgIpc) is 2.55. The SMILES string of the molecule is NCC1(C(=O)N[C@H](CO)Cc2ccccc2)CCOCC1. The van der Waals surface area contributed by atoms with Crippen molar-refractivity contribution in [2.45, 2.75) is 25.3 Å². The van der Waals surface area contributed by atoms with E-state index in [0.29, 0.717) is 39.0 Å². The van der Waals surface area contributed by atoms with E-state index < -0.39 is 5.41 Å². The average molecular weight is 292 g/mol. The molecule has 0 radical (unpaired) electrons. The molecule has 116 valence electrons. The summed E-state index contributed by atoms with van der Waals surface area (Å²) in [5.74, 6) is -0.0664. The van der Waals surface area contributed by atoms with Crippen LogP contribution < -0.4 is 11.1 Å². The zero-order chi connectivity index (χ0) is 15.1. The minimum atomic E-state index is -0.553. The highest BCUT2D eigenvalue weighted by Gasteiger charge is 2.39. The normalized spacial score (nSPS) is 19.0. The van der Waals surface area contributed by atoms with Crippen molar-refractivity contribution in [3.8, 4) is 0 Å². The van der Waals surface area contributed by atoms with Crippen molar-refractivity contribution in [2.24, 2.45) is 11.1 Å². The first-order chi connectivity index (χ1) is 10.2. The number of aliphatic hydroxyl groups is 1. The van der Waals surface area contributed by atoms with Gasteiger partial charge in [-0.15, -0.1) is 0 Å². The molecule has 1 atom stereocenters. The summed E-state index contributed by atoms with van der Waals surface area (Å²) < 4.78 is 5.32. The van der Waals surface area contributed by atoms with Crippen LogP contribution in [0.1, 0.15) is 18.4 Å². The second-order valence-corrected chi connectivity index (χ2v) is 5.64. The van der Waals surface area contributed by atoms with E-state index in [0.717, 1.165) is 5.56 Å². The number of carbonyl (C=O) groups excluding carboxylic acids is 1. The number of carbonyl (C=O) groups is 1. The fourth-order valence-electron chi connectivity index (χ4n) is 2.68. The number of aliphatic hydroxyl groups excluding tert-OH is 1. The molecule has 1 aliphatic heterocycles. The topological polar surface area (TPSA) is 84.6 Å². The molecule has 0 unspecified atom stereocenters. The first-order valence-electron chi connectivity index (χ1n) is 7.44. The monoisotopic (exact) mass is 292 g/mol. The van der Waals surface area contributed by atoms with E-state index >= 15 is 0 Å². The van der Waals surface area contributed by atoms with Gasteiger partial charge in [0.1, 0.15) is 0 Å². The molecule has 5 heteroatoms. The van der Waals surface area contributed by atoms with Crippen LogP contribution in [0.4, 0.5) is 0 Å². The first-order valence-corrected chi connectivity index (χ1v) is 7.44. The first kappa shape index (κ1) is 15.9. The molecule has 0 aromatic heterocycles. The summed E-state index contributed by atoms with van der Waals surface area (Å²) in [5.41, 5.74) is 6.37. The summed E-state index contributed by atoms with van der Waals surface area (Å²) in [4.78, 5) is 12.6. The molecule has 21 heavy (non-hydrogen) atoms. The maximum atomic E-state index is 12.6. The quantitative estimate of drug-likeness (QED) is 0.711. The van der Waals surface area contributed by atoms with Crippen LogP contribution >= 0.6 is 0 Å². The molecule has 1 aliphatic rings. The van der Waals surface area contributed by atoms with Crippen molar-refractivity contribution >= 4 is 5.91 Å². The number of hydrogen-bond donors (Lipinski definition) is 3. The van der Waals surface area contributed by atoms with Gasteiger partial charge >= 0.3 is 0 Å². The smallest absolute Gasteiger partial charge is 0.227 e. The van der Waals surface area contributed by atoms with E-state index in [1.54, 1.807) is 0 Å². The van der Waals surface area contributed by atoms with Gasteiger partial charge in [0, 0.05) is 19.8 Å². The Hall–Kier alpha value is -1.43.